The Morgan fingerprint density at radius 2 is 1.79 bits per heavy atom. The van der Waals surface area contributed by atoms with Gasteiger partial charge in [0.05, 0.1) is 36.6 Å². The second-order valence-electron chi connectivity index (χ2n) is 6.16. The third-order valence-corrected chi connectivity index (χ3v) is 5.03. The topological polar surface area (TPSA) is 71.3 Å². The molecule has 0 aromatic heterocycles. The fraction of sp³-hybridized carbons (Fsp3) is 0.364. The van der Waals surface area contributed by atoms with Crippen molar-refractivity contribution in [2.45, 2.75) is 32.6 Å². The van der Waals surface area contributed by atoms with Crippen LogP contribution in [0.15, 0.2) is 42.5 Å². The summed E-state index contributed by atoms with van der Waals surface area (Å²) in [4.78, 5) is 12.3. The Morgan fingerprint density at radius 3 is 2.43 bits per heavy atom. The maximum absolute atomic E-state index is 12.3. The first-order valence-electron chi connectivity index (χ1n) is 9.33. The molecule has 148 valence electrons. The number of carbonyl (C=O) groups excluding carboxylic acids is 1. The van der Waals surface area contributed by atoms with Crippen molar-refractivity contribution < 1.29 is 14.3 Å². The molecular weight excluding hydrogens is 372 g/mol. The van der Waals surface area contributed by atoms with Gasteiger partial charge in [-0.1, -0.05) is 18.2 Å². The molecule has 0 aliphatic heterocycles. The van der Waals surface area contributed by atoms with Gasteiger partial charge in [0.2, 0.25) is 5.91 Å². The number of ether oxygens (including phenoxy) is 2. The Balaban J connectivity index is 1.87. The van der Waals surface area contributed by atoms with Gasteiger partial charge in [0.25, 0.3) is 0 Å². The van der Waals surface area contributed by atoms with Crippen molar-refractivity contribution in [2.75, 3.05) is 19.0 Å². The number of rotatable bonds is 10. The Morgan fingerprint density at radius 1 is 1.11 bits per heavy atom. The first-order chi connectivity index (χ1) is 13.6. The van der Waals surface area contributed by atoms with Gasteiger partial charge in [-0.2, -0.15) is 5.26 Å². The lowest BCUT2D eigenvalue weighted by atomic mass is 10.1. The SMILES string of the molecule is CCOc1ccc(C(C)NC(=O)CSCc2ccc(C#N)cc2)cc1OCC. The minimum absolute atomic E-state index is 0.0158. The van der Waals surface area contributed by atoms with Crippen LogP contribution in [0.5, 0.6) is 11.5 Å². The van der Waals surface area contributed by atoms with Crippen LogP contribution in [0, 0.1) is 11.3 Å². The summed E-state index contributed by atoms with van der Waals surface area (Å²) in [5.74, 6) is 2.49. The molecule has 0 fully saturated rings. The van der Waals surface area contributed by atoms with E-state index >= 15 is 0 Å². The van der Waals surface area contributed by atoms with Gasteiger partial charge in [-0.3, -0.25) is 4.79 Å². The highest BCUT2D eigenvalue weighted by Crippen LogP contribution is 2.30. The fourth-order valence-electron chi connectivity index (χ4n) is 2.64. The number of thioether (sulfide) groups is 1. The van der Waals surface area contributed by atoms with E-state index in [1.54, 1.807) is 23.9 Å². The maximum atomic E-state index is 12.3. The van der Waals surface area contributed by atoms with Crippen molar-refractivity contribution in [2.24, 2.45) is 0 Å². The summed E-state index contributed by atoms with van der Waals surface area (Å²) in [5.41, 5.74) is 2.71. The molecule has 28 heavy (non-hydrogen) atoms. The van der Waals surface area contributed by atoms with Gasteiger partial charge in [-0.15, -0.1) is 11.8 Å². The number of carbonyl (C=O) groups is 1. The van der Waals surface area contributed by atoms with Gasteiger partial charge >= 0.3 is 0 Å². The minimum atomic E-state index is -0.127. The second kappa shape index (κ2) is 11.3. The van der Waals surface area contributed by atoms with E-state index in [0.717, 1.165) is 16.9 Å². The lowest BCUT2D eigenvalue weighted by molar-refractivity contribution is -0.119. The van der Waals surface area contributed by atoms with Crippen molar-refractivity contribution in [3.63, 3.8) is 0 Å². The van der Waals surface area contributed by atoms with Gasteiger partial charge in [0.1, 0.15) is 0 Å². The van der Waals surface area contributed by atoms with Crippen LogP contribution in [0.3, 0.4) is 0 Å². The first kappa shape index (κ1) is 21.6. The van der Waals surface area contributed by atoms with Crippen molar-refractivity contribution in [3.05, 3.63) is 59.2 Å². The zero-order chi connectivity index (χ0) is 20.4. The lowest BCUT2D eigenvalue weighted by Crippen LogP contribution is -2.28. The molecule has 1 atom stereocenters. The number of hydrogen-bond acceptors (Lipinski definition) is 5. The molecule has 1 amide bonds. The van der Waals surface area contributed by atoms with E-state index in [4.69, 9.17) is 14.7 Å². The summed E-state index contributed by atoms with van der Waals surface area (Å²) < 4.78 is 11.2. The monoisotopic (exact) mass is 398 g/mol. The van der Waals surface area contributed by atoms with Crippen molar-refractivity contribution in [3.8, 4) is 17.6 Å². The second-order valence-corrected chi connectivity index (χ2v) is 7.15. The minimum Gasteiger partial charge on any atom is -0.490 e. The van der Waals surface area contributed by atoms with E-state index in [2.05, 4.69) is 11.4 Å². The molecule has 2 rings (SSSR count). The summed E-state index contributed by atoms with van der Waals surface area (Å²) >= 11 is 1.55. The van der Waals surface area contributed by atoms with Gasteiger partial charge in [-0.05, 0) is 56.2 Å². The van der Waals surface area contributed by atoms with Crippen LogP contribution in [0.2, 0.25) is 0 Å². The molecule has 0 saturated heterocycles. The normalized spacial score (nSPS) is 11.4. The van der Waals surface area contributed by atoms with E-state index in [1.165, 1.54) is 0 Å². The van der Waals surface area contributed by atoms with E-state index in [-0.39, 0.29) is 11.9 Å². The Kier molecular flexibility index (Phi) is 8.70. The highest BCUT2D eigenvalue weighted by Gasteiger charge is 2.13. The third kappa shape index (κ3) is 6.50. The third-order valence-electron chi connectivity index (χ3n) is 4.03. The van der Waals surface area contributed by atoms with E-state index in [9.17, 15) is 4.79 Å². The first-order valence-corrected chi connectivity index (χ1v) is 10.5. The molecule has 1 N–H and O–H groups in total. The summed E-state index contributed by atoms with van der Waals surface area (Å²) in [6.45, 7) is 6.94. The average molecular weight is 399 g/mol. The maximum Gasteiger partial charge on any atom is 0.230 e. The predicted octanol–water partition coefficient (Wildman–Crippen LogP) is 4.47. The Labute approximate surface area is 171 Å². The lowest BCUT2D eigenvalue weighted by Gasteiger charge is -2.17. The molecule has 6 heteroatoms. The quantitative estimate of drug-likeness (QED) is 0.639. The van der Waals surface area contributed by atoms with Crippen LogP contribution in [0.25, 0.3) is 0 Å². The number of benzene rings is 2. The standard InChI is InChI=1S/C22H26N2O3S/c1-4-26-20-11-10-19(12-21(20)27-5-2)16(3)24-22(25)15-28-14-18-8-6-17(13-23)7-9-18/h6-12,16H,4-5,14-15H2,1-3H3,(H,24,25). The van der Waals surface area contributed by atoms with Crippen molar-refractivity contribution in [1.82, 2.24) is 5.32 Å². The molecule has 0 bridgehead atoms. The average Bonchev–Trinajstić information content (AvgIpc) is 2.70. The largest absolute Gasteiger partial charge is 0.490 e. The summed E-state index contributed by atoms with van der Waals surface area (Å²) in [6, 6.07) is 15.1. The fourth-order valence-corrected chi connectivity index (χ4v) is 3.44. The number of nitrogens with zero attached hydrogens (tertiary/aromatic N) is 1. The zero-order valence-electron chi connectivity index (χ0n) is 16.5. The number of nitriles is 1. The molecule has 0 heterocycles. The zero-order valence-corrected chi connectivity index (χ0v) is 17.3. The van der Waals surface area contributed by atoms with Gasteiger partial charge in [-0.25, -0.2) is 0 Å². The number of amides is 1. The predicted molar refractivity (Wildman–Crippen MR) is 113 cm³/mol. The van der Waals surface area contributed by atoms with Gasteiger partial charge < -0.3 is 14.8 Å². The molecule has 1 unspecified atom stereocenters. The smallest absolute Gasteiger partial charge is 0.230 e. The summed E-state index contributed by atoms with van der Waals surface area (Å²) in [5, 5.41) is 11.8. The highest BCUT2D eigenvalue weighted by molar-refractivity contribution is 7.99. The van der Waals surface area contributed by atoms with Crippen LogP contribution in [0.4, 0.5) is 0 Å². The van der Waals surface area contributed by atoms with E-state index < -0.39 is 0 Å². The number of hydrogen-bond donors (Lipinski definition) is 1. The summed E-state index contributed by atoms with van der Waals surface area (Å²) in [7, 11) is 0. The molecule has 0 aliphatic rings. The number of nitrogens with one attached hydrogen (secondary N) is 1. The molecule has 2 aromatic carbocycles. The van der Waals surface area contributed by atoms with Crippen LogP contribution >= 0.6 is 11.8 Å². The molecule has 0 spiro atoms. The van der Waals surface area contributed by atoms with Crippen LogP contribution in [0.1, 0.15) is 43.5 Å². The van der Waals surface area contributed by atoms with E-state index in [0.29, 0.717) is 36.0 Å². The van der Waals surface area contributed by atoms with Crippen molar-refractivity contribution in [1.29, 1.82) is 5.26 Å². The van der Waals surface area contributed by atoms with Crippen molar-refractivity contribution >= 4 is 17.7 Å². The Hall–Kier alpha value is -2.65. The molecule has 5 nitrogen and oxygen atoms in total. The molecule has 2 aromatic rings. The van der Waals surface area contributed by atoms with Crippen LogP contribution in [-0.2, 0) is 10.5 Å². The van der Waals surface area contributed by atoms with E-state index in [1.807, 2.05) is 51.1 Å². The van der Waals surface area contributed by atoms with Crippen LogP contribution < -0.4 is 14.8 Å². The molecule has 0 saturated carbocycles. The van der Waals surface area contributed by atoms with Crippen LogP contribution in [-0.4, -0.2) is 24.9 Å². The molecule has 0 aliphatic carbocycles. The highest BCUT2D eigenvalue weighted by atomic mass is 32.2. The molecular formula is C22H26N2O3S. The Bertz CT molecular complexity index is 816. The van der Waals surface area contributed by atoms with Gasteiger partial charge in [0, 0.05) is 5.75 Å². The molecule has 0 radical (unpaired) electrons. The summed E-state index contributed by atoms with van der Waals surface area (Å²) in [6.07, 6.45) is 0. The van der Waals surface area contributed by atoms with Gasteiger partial charge in [0.15, 0.2) is 11.5 Å².